The molecule has 2 rings (SSSR count). The number of rotatable bonds is 18. The van der Waals surface area contributed by atoms with Crippen LogP contribution in [0.15, 0.2) is 60.7 Å². The summed E-state index contributed by atoms with van der Waals surface area (Å²) in [6.07, 6.45) is 1.35. The monoisotopic (exact) mass is 548 g/mol. The Labute approximate surface area is 227 Å². The molecule has 0 aliphatic carbocycles. The molecular weight excluding hydrogens is 507 g/mol. The lowest BCUT2D eigenvalue weighted by molar-refractivity contribution is -0.00361. The Bertz CT molecular complexity index is 923. The van der Waals surface area contributed by atoms with E-state index in [2.05, 4.69) is 37.2 Å². The van der Waals surface area contributed by atoms with Crippen molar-refractivity contribution in [3.63, 3.8) is 0 Å². The van der Waals surface area contributed by atoms with Crippen molar-refractivity contribution >= 4 is 20.5 Å². The van der Waals surface area contributed by atoms with Gasteiger partial charge in [-0.15, -0.1) is 0 Å². The predicted molar refractivity (Wildman–Crippen MR) is 147 cm³/mol. The number of nitrogens with two attached hydrogens (primary N) is 1. The first-order chi connectivity index (χ1) is 18.3. The van der Waals surface area contributed by atoms with Crippen molar-refractivity contribution in [1.29, 1.82) is 0 Å². The van der Waals surface area contributed by atoms with Crippen LogP contribution in [0, 0.1) is 0 Å². The third-order valence-electron chi connectivity index (χ3n) is 5.46. The Kier molecular flexibility index (Phi) is 15.1. The molecule has 2 atom stereocenters. The van der Waals surface area contributed by atoms with E-state index in [4.69, 9.17) is 24.4 Å². The molecular formula is C28H41N2O7P. The fraction of sp³-hybridized carbons (Fsp3) is 0.500. The molecule has 10 heteroatoms. The molecule has 0 radical (unpaired) electrons. The maximum atomic E-state index is 12.6. The summed E-state index contributed by atoms with van der Waals surface area (Å²) >= 11 is 0. The van der Waals surface area contributed by atoms with E-state index < -0.39 is 26.6 Å². The predicted octanol–water partition coefficient (Wildman–Crippen LogP) is 5.51. The van der Waals surface area contributed by atoms with Gasteiger partial charge in [0.25, 0.3) is 8.53 Å². The van der Waals surface area contributed by atoms with E-state index in [1.165, 1.54) is 0 Å². The molecule has 2 unspecified atom stereocenters. The molecule has 0 saturated heterocycles. The van der Waals surface area contributed by atoms with Crippen molar-refractivity contribution in [3.8, 4) is 0 Å². The van der Waals surface area contributed by atoms with Crippen LogP contribution in [0.1, 0.15) is 67.7 Å². The zero-order chi connectivity index (χ0) is 27.8. The highest BCUT2D eigenvalue weighted by atomic mass is 31.2. The van der Waals surface area contributed by atoms with Crippen LogP contribution in [-0.4, -0.2) is 61.2 Å². The largest absolute Gasteiger partial charge is 0.458 e. The lowest BCUT2D eigenvalue weighted by Gasteiger charge is -2.35. The van der Waals surface area contributed by atoms with Crippen LogP contribution in [0.4, 0.5) is 0 Å². The summed E-state index contributed by atoms with van der Waals surface area (Å²) in [4.78, 5) is 29.7. The lowest BCUT2D eigenvalue weighted by atomic mass is 10.1. The first-order valence-electron chi connectivity index (χ1n) is 13.0. The van der Waals surface area contributed by atoms with Crippen LogP contribution in [-0.2, 0) is 23.4 Å². The minimum Gasteiger partial charge on any atom is -0.458 e. The van der Waals surface area contributed by atoms with Gasteiger partial charge in [-0.25, -0.2) is 20.2 Å². The van der Waals surface area contributed by atoms with Gasteiger partial charge >= 0.3 is 11.9 Å². The highest BCUT2D eigenvalue weighted by Gasteiger charge is 2.27. The summed E-state index contributed by atoms with van der Waals surface area (Å²) in [6, 6.07) is 18.0. The lowest BCUT2D eigenvalue weighted by Crippen LogP contribution is -2.34. The van der Waals surface area contributed by atoms with Crippen LogP contribution >= 0.6 is 8.53 Å². The van der Waals surface area contributed by atoms with Crippen LogP contribution in [0.5, 0.6) is 0 Å². The van der Waals surface area contributed by atoms with Gasteiger partial charge in [0.15, 0.2) is 0 Å². The van der Waals surface area contributed by atoms with Gasteiger partial charge in [-0.2, -0.15) is 0 Å². The molecule has 0 spiro atoms. The van der Waals surface area contributed by atoms with E-state index in [0.717, 1.165) is 0 Å². The Morgan fingerprint density at radius 3 is 1.89 bits per heavy atom. The van der Waals surface area contributed by atoms with Gasteiger partial charge in [-0.1, -0.05) is 36.4 Å². The Hall–Kier alpha value is -2.39. The van der Waals surface area contributed by atoms with E-state index >= 15 is 0 Å². The van der Waals surface area contributed by atoms with Crippen molar-refractivity contribution in [1.82, 2.24) is 4.67 Å². The quantitative estimate of drug-likeness (QED) is 0.112. The number of esters is 2. The van der Waals surface area contributed by atoms with Gasteiger partial charge in [0, 0.05) is 12.1 Å². The average Bonchev–Trinajstić information content (AvgIpc) is 2.91. The molecule has 0 aliphatic heterocycles. The van der Waals surface area contributed by atoms with Crippen molar-refractivity contribution in [2.75, 3.05) is 26.4 Å². The first kappa shape index (κ1) is 31.8. The van der Waals surface area contributed by atoms with Gasteiger partial charge in [0.2, 0.25) is 0 Å². The highest BCUT2D eigenvalue weighted by Crippen LogP contribution is 2.45. The summed E-state index contributed by atoms with van der Waals surface area (Å²) in [5.74, 6) is 4.22. The van der Waals surface area contributed by atoms with E-state index in [0.29, 0.717) is 43.6 Å². The minimum absolute atomic E-state index is 0.0312. The molecule has 0 aromatic heterocycles. The number of hydrogen-bond donors (Lipinski definition) is 1. The summed E-state index contributed by atoms with van der Waals surface area (Å²) < 4.78 is 25.4. The molecule has 2 N–H and O–H groups in total. The van der Waals surface area contributed by atoms with Crippen LogP contribution < -0.4 is 5.90 Å². The Morgan fingerprint density at radius 1 is 0.789 bits per heavy atom. The Morgan fingerprint density at radius 2 is 1.34 bits per heavy atom. The van der Waals surface area contributed by atoms with E-state index in [9.17, 15) is 9.59 Å². The number of ether oxygens (including phenoxy) is 2. The van der Waals surface area contributed by atoms with Crippen molar-refractivity contribution in [2.24, 2.45) is 5.90 Å². The second-order valence-corrected chi connectivity index (χ2v) is 10.7. The summed E-state index contributed by atoms with van der Waals surface area (Å²) in [6.45, 7) is 9.46. The molecule has 0 saturated carbocycles. The number of carbonyl (C=O) groups is 2. The van der Waals surface area contributed by atoms with E-state index in [1.807, 2.05) is 12.1 Å². The van der Waals surface area contributed by atoms with Crippen LogP contribution in [0.2, 0.25) is 0 Å². The second-order valence-electron chi connectivity index (χ2n) is 9.20. The molecule has 0 bridgehead atoms. The SMILES string of the molecule is CC(C)N(C(C)C)P(OCCCCC(COC(=O)c1ccccc1)OC(=O)c1ccccc1)OCCON. The zero-order valence-corrected chi connectivity index (χ0v) is 23.7. The second kappa shape index (κ2) is 18.0. The third kappa shape index (κ3) is 11.6. The van der Waals surface area contributed by atoms with Crippen LogP contribution in [0.25, 0.3) is 0 Å². The zero-order valence-electron chi connectivity index (χ0n) is 22.8. The number of carbonyl (C=O) groups excluding carboxylic acids is 2. The van der Waals surface area contributed by atoms with Crippen molar-refractivity contribution < 1.29 is 32.9 Å². The first-order valence-corrected chi connectivity index (χ1v) is 14.1. The van der Waals surface area contributed by atoms with Crippen LogP contribution in [0.3, 0.4) is 0 Å². The molecule has 0 aliphatic rings. The van der Waals surface area contributed by atoms with Gasteiger partial charge in [-0.3, -0.25) is 0 Å². The standard InChI is InChI=1S/C28H41N2O7P/c1-22(2)30(23(3)4)38(36-20-19-34-29)35-18-12-11-17-26(37-28(32)25-15-9-6-10-16-25)21-33-27(31)24-13-7-5-8-14-24/h5-10,13-16,22-23,26H,11-12,17-21,29H2,1-4H3. The molecule has 0 heterocycles. The smallest absolute Gasteiger partial charge is 0.338 e. The average molecular weight is 549 g/mol. The molecule has 2 aromatic rings. The molecule has 0 fully saturated rings. The van der Waals surface area contributed by atoms with Gasteiger partial charge in [0.1, 0.15) is 12.7 Å². The molecule has 0 amide bonds. The van der Waals surface area contributed by atoms with Crippen molar-refractivity contribution in [2.45, 2.75) is 65.1 Å². The number of benzene rings is 2. The fourth-order valence-electron chi connectivity index (χ4n) is 3.72. The summed E-state index contributed by atoms with van der Waals surface area (Å²) in [5.41, 5.74) is 0.893. The van der Waals surface area contributed by atoms with Gasteiger partial charge in [-0.05, 0) is 71.2 Å². The van der Waals surface area contributed by atoms with Crippen molar-refractivity contribution in [3.05, 3.63) is 71.8 Å². The number of hydrogen-bond acceptors (Lipinski definition) is 9. The maximum absolute atomic E-state index is 12.6. The normalized spacial score (nSPS) is 13.1. The summed E-state index contributed by atoms with van der Waals surface area (Å²) in [7, 11) is -1.29. The number of unbranched alkanes of at least 4 members (excludes halogenated alkanes) is 1. The highest BCUT2D eigenvalue weighted by molar-refractivity contribution is 7.44. The number of nitrogens with zero attached hydrogens (tertiary/aromatic N) is 1. The van der Waals surface area contributed by atoms with Gasteiger partial charge in [0.05, 0.1) is 30.9 Å². The molecule has 2 aromatic carbocycles. The summed E-state index contributed by atoms with van der Waals surface area (Å²) in [5, 5.41) is 0. The Balaban J connectivity index is 1.92. The molecule has 9 nitrogen and oxygen atoms in total. The molecule has 38 heavy (non-hydrogen) atoms. The van der Waals surface area contributed by atoms with E-state index in [1.54, 1.807) is 48.5 Å². The van der Waals surface area contributed by atoms with E-state index in [-0.39, 0.29) is 25.3 Å². The topological polar surface area (TPSA) is 110 Å². The minimum atomic E-state index is -1.29. The molecule has 210 valence electrons. The van der Waals surface area contributed by atoms with Gasteiger partial charge < -0.3 is 23.4 Å². The fourth-order valence-corrected chi connectivity index (χ4v) is 5.33. The maximum Gasteiger partial charge on any atom is 0.338 e. The third-order valence-corrected chi connectivity index (χ3v) is 7.57.